The van der Waals surface area contributed by atoms with Gasteiger partial charge in [-0.05, 0) is 20.3 Å². The molecule has 14 heavy (non-hydrogen) atoms. The summed E-state index contributed by atoms with van der Waals surface area (Å²) in [6.07, 6.45) is 2.80. The zero-order valence-corrected chi connectivity index (χ0v) is 8.58. The van der Waals surface area contributed by atoms with E-state index in [1.165, 1.54) is 10.5 Å². The number of hydrogen-bond donors (Lipinski definition) is 0. The van der Waals surface area contributed by atoms with Crippen molar-refractivity contribution in [3.05, 3.63) is 11.6 Å². The van der Waals surface area contributed by atoms with Crippen molar-refractivity contribution < 1.29 is 14.3 Å². The van der Waals surface area contributed by atoms with Crippen LogP contribution >= 0.6 is 0 Å². The molecule has 0 spiro atoms. The van der Waals surface area contributed by atoms with Crippen LogP contribution in [0.1, 0.15) is 20.3 Å². The summed E-state index contributed by atoms with van der Waals surface area (Å²) in [5, 5.41) is 0. The first-order chi connectivity index (χ1) is 6.65. The standard InChI is InChI=1S/C10H15NO3/c1-3-14-10(13)9(12)11-6-4-8(2)5-7-11/h4H,3,5-7H2,1-2H3. The molecule has 78 valence electrons. The number of hydrogen-bond acceptors (Lipinski definition) is 3. The molecule has 0 saturated heterocycles. The summed E-state index contributed by atoms with van der Waals surface area (Å²) in [4.78, 5) is 24.0. The molecule has 1 amide bonds. The Bertz CT molecular complexity index is 271. The van der Waals surface area contributed by atoms with Crippen LogP contribution in [0.15, 0.2) is 11.6 Å². The molecule has 0 aromatic carbocycles. The minimum atomic E-state index is -0.750. The molecule has 0 saturated carbocycles. The first kappa shape index (κ1) is 10.8. The first-order valence-corrected chi connectivity index (χ1v) is 4.76. The average Bonchev–Trinajstić information content (AvgIpc) is 2.18. The van der Waals surface area contributed by atoms with Gasteiger partial charge in [0.15, 0.2) is 0 Å². The van der Waals surface area contributed by atoms with Gasteiger partial charge in [-0.2, -0.15) is 0 Å². The zero-order chi connectivity index (χ0) is 10.6. The van der Waals surface area contributed by atoms with Crippen molar-refractivity contribution in [3.8, 4) is 0 Å². The number of rotatable bonds is 1. The van der Waals surface area contributed by atoms with Crippen LogP contribution in [0.3, 0.4) is 0 Å². The van der Waals surface area contributed by atoms with Crippen LogP contribution in [0, 0.1) is 0 Å². The summed E-state index contributed by atoms with van der Waals surface area (Å²) >= 11 is 0. The van der Waals surface area contributed by atoms with Gasteiger partial charge in [0.2, 0.25) is 0 Å². The van der Waals surface area contributed by atoms with Crippen molar-refractivity contribution in [3.63, 3.8) is 0 Å². The van der Waals surface area contributed by atoms with Gasteiger partial charge in [-0.15, -0.1) is 0 Å². The third-order valence-corrected chi connectivity index (χ3v) is 2.17. The molecule has 1 heterocycles. The molecule has 0 fully saturated rings. The minimum Gasteiger partial charge on any atom is -0.459 e. The highest BCUT2D eigenvalue weighted by atomic mass is 16.5. The number of esters is 1. The number of carbonyl (C=O) groups excluding carboxylic acids is 2. The Hall–Kier alpha value is -1.32. The Labute approximate surface area is 83.5 Å². The molecule has 1 aliphatic rings. The molecule has 0 aliphatic carbocycles. The smallest absolute Gasteiger partial charge is 0.397 e. The summed E-state index contributed by atoms with van der Waals surface area (Å²) in [6.45, 7) is 5.08. The Balaban J connectivity index is 2.50. The van der Waals surface area contributed by atoms with Crippen molar-refractivity contribution >= 4 is 11.9 Å². The molecular formula is C10H15NO3. The Morgan fingerprint density at radius 2 is 2.29 bits per heavy atom. The van der Waals surface area contributed by atoms with Gasteiger partial charge in [0, 0.05) is 13.1 Å². The number of carbonyl (C=O) groups is 2. The summed E-state index contributed by atoms with van der Waals surface area (Å²) in [7, 11) is 0. The van der Waals surface area contributed by atoms with Gasteiger partial charge in [-0.3, -0.25) is 4.79 Å². The van der Waals surface area contributed by atoms with E-state index in [4.69, 9.17) is 0 Å². The Kier molecular flexibility index (Phi) is 3.68. The maximum absolute atomic E-state index is 11.4. The molecule has 1 rings (SSSR count). The highest BCUT2D eigenvalue weighted by Crippen LogP contribution is 2.09. The topological polar surface area (TPSA) is 46.6 Å². The normalized spacial score (nSPS) is 16.1. The highest BCUT2D eigenvalue weighted by molar-refractivity contribution is 6.32. The molecule has 0 atom stereocenters. The SMILES string of the molecule is CCOC(=O)C(=O)N1CC=C(C)CC1. The third-order valence-electron chi connectivity index (χ3n) is 2.17. The van der Waals surface area contributed by atoms with Crippen molar-refractivity contribution in [2.24, 2.45) is 0 Å². The largest absolute Gasteiger partial charge is 0.459 e. The van der Waals surface area contributed by atoms with Crippen LogP contribution in [-0.4, -0.2) is 36.5 Å². The Morgan fingerprint density at radius 3 is 2.79 bits per heavy atom. The zero-order valence-electron chi connectivity index (χ0n) is 8.58. The van der Waals surface area contributed by atoms with Crippen molar-refractivity contribution in [2.45, 2.75) is 20.3 Å². The van der Waals surface area contributed by atoms with E-state index in [1.54, 1.807) is 6.92 Å². The number of amides is 1. The van der Waals surface area contributed by atoms with Gasteiger partial charge in [0.25, 0.3) is 0 Å². The fourth-order valence-corrected chi connectivity index (χ4v) is 1.28. The van der Waals surface area contributed by atoms with Gasteiger partial charge in [-0.25, -0.2) is 4.79 Å². The lowest BCUT2D eigenvalue weighted by Gasteiger charge is -2.24. The van der Waals surface area contributed by atoms with Crippen LogP contribution in [0.2, 0.25) is 0 Å². The second-order valence-corrected chi connectivity index (χ2v) is 3.27. The van der Waals surface area contributed by atoms with Crippen molar-refractivity contribution in [1.82, 2.24) is 4.90 Å². The fraction of sp³-hybridized carbons (Fsp3) is 0.600. The highest BCUT2D eigenvalue weighted by Gasteiger charge is 2.23. The lowest BCUT2D eigenvalue weighted by atomic mass is 10.1. The van der Waals surface area contributed by atoms with Crippen LogP contribution in [-0.2, 0) is 14.3 Å². The van der Waals surface area contributed by atoms with E-state index < -0.39 is 11.9 Å². The van der Waals surface area contributed by atoms with E-state index in [1.807, 2.05) is 13.0 Å². The summed E-state index contributed by atoms with van der Waals surface area (Å²) < 4.78 is 4.63. The van der Waals surface area contributed by atoms with Gasteiger partial charge in [0.1, 0.15) is 0 Å². The van der Waals surface area contributed by atoms with Crippen LogP contribution < -0.4 is 0 Å². The van der Waals surface area contributed by atoms with Gasteiger partial charge in [-0.1, -0.05) is 11.6 Å². The quantitative estimate of drug-likeness (QED) is 0.353. The predicted molar refractivity (Wildman–Crippen MR) is 51.6 cm³/mol. The van der Waals surface area contributed by atoms with E-state index in [0.29, 0.717) is 13.1 Å². The molecule has 0 unspecified atom stereocenters. The van der Waals surface area contributed by atoms with E-state index in [9.17, 15) is 9.59 Å². The lowest BCUT2D eigenvalue weighted by Crippen LogP contribution is -2.40. The number of ether oxygens (including phenoxy) is 1. The summed E-state index contributed by atoms with van der Waals surface area (Å²) in [6, 6.07) is 0. The Morgan fingerprint density at radius 1 is 1.57 bits per heavy atom. The fourth-order valence-electron chi connectivity index (χ4n) is 1.28. The van der Waals surface area contributed by atoms with Gasteiger partial charge in [0.05, 0.1) is 6.61 Å². The third kappa shape index (κ3) is 2.58. The lowest BCUT2D eigenvalue weighted by molar-refractivity contribution is -0.159. The van der Waals surface area contributed by atoms with E-state index in [-0.39, 0.29) is 6.61 Å². The molecule has 0 bridgehead atoms. The van der Waals surface area contributed by atoms with Gasteiger partial charge < -0.3 is 9.64 Å². The summed E-state index contributed by atoms with van der Waals surface area (Å²) in [5.74, 6) is -1.28. The van der Waals surface area contributed by atoms with Crippen molar-refractivity contribution in [1.29, 1.82) is 0 Å². The second-order valence-electron chi connectivity index (χ2n) is 3.27. The molecule has 0 radical (unpaired) electrons. The molecule has 0 aromatic rings. The van der Waals surface area contributed by atoms with E-state index >= 15 is 0 Å². The van der Waals surface area contributed by atoms with E-state index in [2.05, 4.69) is 4.74 Å². The first-order valence-electron chi connectivity index (χ1n) is 4.76. The molecule has 4 heteroatoms. The van der Waals surface area contributed by atoms with Gasteiger partial charge >= 0.3 is 11.9 Å². The second kappa shape index (κ2) is 4.79. The van der Waals surface area contributed by atoms with E-state index in [0.717, 1.165) is 6.42 Å². The van der Waals surface area contributed by atoms with Crippen molar-refractivity contribution in [2.75, 3.05) is 19.7 Å². The molecule has 4 nitrogen and oxygen atoms in total. The number of nitrogens with zero attached hydrogens (tertiary/aromatic N) is 1. The van der Waals surface area contributed by atoms with Crippen LogP contribution in [0.4, 0.5) is 0 Å². The molecule has 1 aliphatic heterocycles. The average molecular weight is 197 g/mol. The molecular weight excluding hydrogens is 182 g/mol. The molecule has 0 aromatic heterocycles. The van der Waals surface area contributed by atoms with Crippen LogP contribution in [0.5, 0.6) is 0 Å². The maximum atomic E-state index is 11.4. The van der Waals surface area contributed by atoms with Crippen LogP contribution in [0.25, 0.3) is 0 Å². The predicted octanol–water partition coefficient (Wildman–Crippen LogP) is 0.728. The monoisotopic (exact) mass is 197 g/mol. The molecule has 0 N–H and O–H groups in total. The summed E-state index contributed by atoms with van der Waals surface area (Å²) in [5.41, 5.74) is 1.26. The minimum absolute atomic E-state index is 0.243. The maximum Gasteiger partial charge on any atom is 0.397 e.